The highest BCUT2D eigenvalue weighted by Crippen LogP contribution is 2.36. The molecule has 0 bridgehead atoms. The van der Waals surface area contributed by atoms with Gasteiger partial charge in [-0.3, -0.25) is 0 Å². The Morgan fingerprint density at radius 1 is 0.889 bits per heavy atom. The van der Waals surface area contributed by atoms with Gasteiger partial charge in [0.15, 0.2) is 0 Å². The van der Waals surface area contributed by atoms with Crippen molar-refractivity contribution >= 4 is 6.03 Å². The van der Waals surface area contributed by atoms with E-state index in [1.165, 1.54) is 57.8 Å². The molecule has 3 aliphatic rings. The number of urea groups is 1. The summed E-state index contributed by atoms with van der Waals surface area (Å²) >= 11 is 0. The maximum atomic E-state index is 12.2. The molecular formula is C15H26N2O. The van der Waals surface area contributed by atoms with Crippen LogP contribution in [0, 0.1) is 11.8 Å². The Balaban J connectivity index is 1.51. The standard InChI is InChI=1S/C15H26N2O/c18-15(16-14-7-3-4-8-14)17-10-9-12-5-1-2-6-13(12)11-17/h12-14H,1-11H2,(H,16,18). The Morgan fingerprint density at radius 2 is 1.56 bits per heavy atom. The minimum Gasteiger partial charge on any atom is -0.335 e. The molecule has 0 aromatic heterocycles. The van der Waals surface area contributed by atoms with Gasteiger partial charge in [0.05, 0.1) is 0 Å². The van der Waals surface area contributed by atoms with E-state index >= 15 is 0 Å². The van der Waals surface area contributed by atoms with Crippen LogP contribution in [0.3, 0.4) is 0 Å². The minimum atomic E-state index is 0.214. The second kappa shape index (κ2) is 5.50. The lowest BCUT2D eigenvalue weighted by atomic mass is 9.75. The van der Waals surface area contributed by atoms with E-state index in [1.54, 1.807) is 0 Å². The van der Waals surface area contributed by atoms with E-state index in [1.807, 2.05) is 0 Å². The molecule has 2 aliphatic carbocycles. The minimum absolute atomic E-state index is 0.214. The molecule has 3 rings (SSSR count). The molecule has 0 aromatic rings. The van der Waals surface area contributed by atoms with Gasteiger partial charge in [0, 0.05) is 19.1 Å². The Bertz CT molecular complexity index is 299. The fourth-order valence-corrected chi connectivity index (χ4v) is 4.12. The Kier molecular flexibility index (Phi) is 3.76. The summed E-state index contributed by atoms with van der Waals surface area (Å²) in [5.74, 6) is 1.70. The summed E-state index contributed by atoms with van der Waals surface area (Å²) in [5.41, 5.74) is 0. The van der Waals surface area contributed by atoms with Gasteiger partial charge in [-0.15, -0.1) is 0 Å². The van der Waals surface area contributed by atoms with E-state index in [0.29, 0.717) is 6.04 Å². The number of nitrogens with one attached hydrogen (secondary N) is 1. The fourth-order valence-electron chi connectivity index (χ4n) is 4.12. The number of carbonyl (C=O) groups excluding carboxylic acids is 1. The zero-order valence-electron chi connectivity index (χ0n) is 11.4. The third-order valence-corrected chi connectivity index (χ3v) is 5.26. The van der Waals surface area contributed by atoms with Gasteiger partial charge in [-0.1, -0.05) is 32.1 Å². The lowest BCUT2D eigenvalue weighted by Crippen LogP contribution is -2.50. The first-order chi connectivity index (χ1) is 8.83. The normalized spacial score (nSPS) is 33.2. The summed E-state index contributed by atoms with van der Waals surface area (Å²) in [5, 5.41) is 3.23. The number of fused-ring (bicyclic) bond motifs is 1. The van der Waals surface area contributed by atoms with Crippen molar-refractivity contribution < 1.29 is 4.79 Å². The third kappa shape index (κ3) is 2.65. The number of nitrogens with zero attached hydrogens (tertiary/aromatic N) is 1. The highest BCUT2D eigenvalue weighted by molar-refractivity contribution is 5.74. The van der Waals surface area contributed by atoms with Crippen molar-refractivity contribution in [2.45, 2.75) is 63.8 Å². The molecule has 0 radical (unpaired) electrons. The Labute approximate surface area is 110 Å². The van der Waals surface area contributed by atoms with Crippen molar-refractivity contribution in [3.05, 3.63) is 0 Å². The van der Waals surface area contributed by atoms with E-state index in [2.05, 4.69) is 10.2 Å². The zero-order valence-corrected chi connectivity index (χ0v) is 11.4. The second-order valence-corrected chi connectivity index (χ2v) is 6.47. The zero-order chi connectivity index (χ0) is 12.4. The number of likely N-dealkylation sites (tertiary alicyclic amines) is 1. The molecule has 3 fully saturated rings. The smallest absolute Gasteiger partial charge is 0.317 e. The molecule has 3 heteroatoms. The first kappa shape index (κ1) is 12.3. The fraction of sp³-hybridized carbons (Fsp3) is 0.933. The molecule has 2 saturated carbocycles. The summed E-state index contributed by atoms with van der Waals surface area (Å²) in [6.07, 6.45) is 11.7. The quantitative estimate of drug-likeness (QED) is 0.762. The van der Waals surface area contributed by atoms with E-state index in [0.717, 1.165) is 24.9 Å². The molecule has 18 heavy (non-hydrogen) atoms. The lowest BCUT2D eigenvalue weighted by Gasteiger charge is -2.41. The van der Waals surface area contributed by atoms with Crippen LogP contribution in [0.25, 0.3) is 0 Å². The predicted molar refractivity (Wildman–Crippen MR) is 72.4 cm³/mol. The highest BCUT2D eigenvalue weighted by atomic mass is 16.2. The summed E-state index contributed by atoms with van der Waals surface area (Å²) in [6.45, 7) is 2.00. The Hall–Kier alpha value is -0.730. The second-order valence-electron chi connectivity index (χ2n) is 6.47. The van der Waals surface area contributed by atoms with Crippen molar-refractivity contribution in [2.24, 2.45) is 11.8 Å². The summed E-state index contributed by atoms with van der Waals surface area (Å²) in [4.78, 5) is 14.3. The Morgan fingerprint density at radius 3 is 2.33 bits per heavy atom. The number of rotatable bonds is 1. The van der Waals surface area contributed by atoms with Gasteiger partial charge in [-0.2, -0.15) is 0 Å². The van der Waals surface area contributed by atoms with Gasteiger partial charge in [0.25, 0.3) is 0 Å². The van der Waals surface area contributed by atoms with E-state index in [9.17, 15) is 4.79 Å². The van der Waals surface area contributed by atoms with Gasteiger partial charge >= 0.3 is 6.03 Å². The molecule has 3 nitrogen and oxygen atoms in total. The van der Waals surface area contributed by atoms with Crippen molar-refractivity contribution in [3.63, 3.8) is 0 Å². The molecule has 102 valence electrons. The van der Waals surface area contributed by atoms with Crippen LogP contribution in [0.2, 0.25) is 0 Å². The average Bonchev–Trinajstić information content (AvgIpc) is 2.91. The van der Waals surface area contributed by atoms with E-state index in [-0.39, 0.29) is 6.03 Å². The van der Waals surface area contributed by atoms with Crippen LogP contribution in [0.15, 0.2) is 0 Å². The number of amides is 2. The first-order valence-electron chi connectivity index (χ1n) is 7.88. The van der Waals surface area contributed by atoms with Crippen molar-refractivity contribution in [1.29, 1.82) is 0 Å². The van der Waals surface area contributed by atoms with Crippen molar-refractivity contribution in [3.8, 4) is 0 Å². The lowest BCUT2D eigenvalue weighted by molar-refractivity contribution is 0.101. The average molecular weight is 250 g/mol. The molecule has 1 heterocycles. The number of piperidine rings is 1. The van der Waals surface area contributed by atoms with Gasteiger partial charge in [-0.25, -0.2) is 4.79 Å². The van der Waals surface area contributed by atoms with Crippen molar-refractivity contribution in [1.82, 2.24) is 10.2 Å². The molecule has 2 amide bonds. The third-order valence-electron chi connectivity index (χ3n) is 5.26. The highest BCUT2D eigenvalue weighted by Gasteiger charge is 2.33. The van der Waals surface area contributed by atoms with E-state index < -0.39 is 0 Å². The summed E-state index contributed by atoms with van der Waals surface area (Å²) in [6, 6.07) is 0.674. The topological polar surface area (TPSA) is 32.3 Å². The van der Waals surface area contributed by atoms with Crippen LogP contribution >= 0.6 is 0 Å². The molecule has 0 aromatic carbocycles. The van der Waals surface area contributed by atoms with Crippen LogP contribution in [-0.2, 0) is 0 Å². The SMILES string of the molecule is O=C(NC1CCCC1)N1CCC2CCCCC2C1. The predicted octanol–water partition coefficient (Wildman–Crippen LogP) is 3.15. The first-order valence-corrected chi connectivity index (χ1v) is 7.88. The van der Waals surface area contributed by atoms with Crippen LogP contribution in [-0.4, -0.2) is 30.1 Å². The van der Waals surface area contributed by atoms with Gasteiger partial charge in [-0.05, 0) is 37.5 Å². The van der Waals surface area contributed by atoms with Crippen LogP contribution < -0.4 is 5.32 Å². The monoisotopic (exact) mass is 250 g/mol. The van der Waals surface area contributed by atoms with Crippen LogP contribution in [0.4, 0.5) is 4.79 Å². The molecule has 1 aliphatic heterocycles. The summed E-state index contributed by atoms with van der Waals surface area (Å²) in [7, 11) is 0. The number of carbonyl (C=O) groups is 1. The number of hydrogen-bond donors (Lipinski definition) is 1. The van der Waals surface area contributed by atoms with Gasteiger partial charge in [0.1, 0.15) is 0 Å². The van der Waals surface area contributed by atoms with Crippen LogP contribution in [0.5, 0.6) is 0 Å². The van der Waals surface area contributed by atoms with E-state index in [4.69, 9.17) is 0 Å². The van der Waals surface area contributed by atoms with Crippen LogP contribution in [0.1, 0.15) is 57.8 Å². The molecule has 1 saturated heterocycles. The molecule has 2 atom stereocenters. The molecular weight excluding hydrogens is 224 g/mol. The number of hydrogen-bond acceptors (Lipinski definition) is 1. The summed E-state index contributed by atoms with van der Waals surface area (Å²) < 4.78 is 0. The maximum Gasteiger partial charge on any atom is 0.317 e. The molecule has 0 spiro atoms. The molecule has 1 N–H and O–H groups in total. The molecule has 2 unspecified atom stereocenters. The van der Waals surface area contributed by atoms with Gasteiger partial charge < -0.3 is 10.2 Å². The van der Waals surface area contributed by atoms with Gasteiger partial charge in [0.2, 0.25) is 0 Å². The maximum absolute atomic E-state index is 12.2. The largest absolute Gasteiger partial charge is 0.335 e. The van der Waals surface area contributed by atoms with Crippen molar-refractivity contribution in [2.75, 3.05) is 13.1 Å².